The molecule has 1 N–H and O–H groups in total. The van der Waals surface area contributed by atoms with E-state index in [0.29, 0.717) is 17.1 Å². The number of anilines is 1. The lowest BCUT2D eigenvalue weighted by Crippen LogP contribution is -2.53. The van der Waals surface area contributed by atoms with Gasteiger partial charge in [0.25, 0.3) is 0 Å². The van der Waals surface area contributed by atoms with E-state index in [-0.39, 0.29) is 19.6 Å². The third kappa shape index (κ3) is 3.88. The van der Waals surface area contributed by atoms with Gasteiger partial charge in [-0.2, -0.15) is 13.2 Å². The molecule has 0 aliphatic carbocycles. The van der Waals surface area contributed by atoms with Gasteiger partial charge in [-0.05, 0) is 19.9 Å². The molecule has 0 aromatic carbocycles. The van der Waals surface area contributed by atoms with Gasteiger partial charge in [-0.25, -0.2) is 4.98 Å². The van der Waals surface area contributed by atoms with Crippen LogP contribution in [-0.2, 0) is 4.79 Å². The molecule has 1 fully saturated rings. The Morgan fingerprint density at radius 3 is 2.59 bits per heavy atom. The van der Waals surface area contributed by atoms with Crippen LogP contribution in [0.4, 0.5) is 19.0 Å². The van der Waals surface area contributed by atoms with E-state index >= 15 is 0 Å². The number of nitrogens with zero attached hydrogens (tertiary/aromatic N) is 3. The van der Waals surface area contributed by atoms with Gasteiger partial charge in [0.2, 0.25) is 5.91 Å². The highest BCUT2D eigenvalue weighted by molar-refractivity contribution is 5.82. The summed E-state index contributed by atoms with van der Waals surface area (Å²) in [6.45, 7) is 2.18. The minimum atomic E-state index is -4.40. The predicted molar refractivity (Wildman–Crippen MR) is 74.5 cm³/mol. The summed E-state index contributed by atoms with van der Waals surface area (Å²) in [6, 6.07) is 3.46. The first-order valence-electron chi connectivity index (χ1n) is 6.92. The van der Waals surface area contributed by atoms with Crippen molar-refractivity contribution in [1.82, 2.24) is 9.88 Å². The first kappa shape index (κ1) is 16.5. The van der Waals surface area contributed by atoms with E-state index in [1.807, 2.05) is 0 Å². The average Bonchev–Trinajstić information content (AvgIpc) is 2.39. The number of aromatic nitrogens is 1. The number of amides is 1. The third-order valence-corrected chi connectivity index (χ3v) is 3.48. The molecule has 8 heteroatoms. The summed E-state index contributed by atoms with van der Waals surface area (Å²) in [5.41, 5.74) is 1.27. The van der Waals surface area contributed by atoms with E-state index in [9.17, 15) is 23.1 Å². The molecule has 2 heterocycles. The molecule has 1 atom stereocenters. The van der Waals surface area contributed by atoms with E-state index in [1.54, 1.807) is 30.9 Å². The van der Waals surface area contributed by atoms with Crippen molar-refractivity contribution in [3.05, 3.63) is 23.4 Å². The SMILES string of the molecule is Cc1ccc(C(C)O)c(N2CCN(CC(F)(F)F)C(=O)C2)n1. The number of hydrogen-bond donors (Lipinski definition) is 1. The van der Waals surface area contributed by atoms with Crippen LogP contribution in [0.3, 0.4) is 0 Å². The molecule has 0 spiro atoms. The normalized spacial score (nSPS) is 17.8. The molecule has 1 aliphatic rings. The van der Waals surface area contributed by atoms with Crippen molar-refractivity contribution in [3.63, 3.8) is 0 Å². The molecule has 1 aromatic heterocycles. The molecule has 1 aliphatic heterocycles. The molecule has 0 saturated carbocycles. The maximum absolute atomic E-state index is 12.4. The van der Waals surface area contributed by atoms with E-state index in [4.69, 9.17) is 0 Å². The summed E-state index contributed by atoms with van der Waals surface area (Å²) in [6.07, 6.45) is -5.17. The van der Waals surface area contributed by atoms with Crippen molar-refractivity contribution in [2.45, 2.75) is 26.1 Å². The molecule has 1 amide bonds. The van der Waals surface area contributed by atoms with Crippen molar-refractivity contribution < 1.29 is 23.1 Å². The fourth-order valence-corrected chi connectivity index (χ4v) is 2.41. The van der Waals surface area contributed by atoms with Crippen LogP contribution in [0.15, 0.2) is 12.1 Å². The van der Waals surface area contributed by atoms with E-state index in [0.717, 1.165) is 4.90 Å². The van der Waals surface area contributed by atoms with E-state index in [1.165, 1.54) is 0 Å². The van der Waals surface area contributed by atoms with Crippen LogP contribution in [0.5, 0.6) is 0 Å². The van der Waals surface area contributed by atoms with Crippen LogP contribution >= 0.6 is 0 Å². The highest BCUT2D eigenvalue weighted by atomic mass is 19.4. The smallest absolute Gasteiger partial charge is 0.389 e. The van der Waals surface area contributed by atoms with Crippen LogP contribution in [0.2, 0.25) is 0 Å². The van der Waals surface area contributed by atoms with Gasteiger partial charge in [0.05, 0.1) is 12.6 Å². The van der Waals surface area contributed by atoms with Crippen molar-refractivity contribution in [3.8, 4) is 0 Å². The number of aryl methyl sites for hydroxylation is 1. The number of carbonyl (C=O) groups is 1. The zero-order valence-corrected chi connectivity index (χ0v) is 12.4. The number of hydrogen-bond acceptors (Lipinski definition) is 4. The van der Waals surface area contributed by atoms with Crippen LogP contribution in [0.1, 0.15) is 24.3 Å². The summed E-state index contributed by atoms with van der Waals surface area (Å²) in [4.78, 5) is 18.7. The second-order valence-corrected chi connectivity index (χ2v) is 5.39. The topological polar surface area (TPSA) is 56.7 Å². The zero-order valence-electron chi connectivity index (χ0n) is 12.4. The Hall–Kier alpha value is -1.83. The average molecular weight is 317 g/mol. The first-order valence-corrected chi connectivity index (χ1v) is 6.92. The van der Waals surface area contributed by atoms with Gasteiger partial charge in [-0.3, -0.25) is 4.79 Å². The maximum atomic E-state index is 12.4. The zero-order chi connectivity index (χ0) is 16.5. The lowest BCUT2D eigenvalue weighted by molar-refractivity contribution is -0.161. The van der Waals surface area contributed by atoms with Crippen molar-refractivity contribution in [2.75, 3.05) is 31.1 Å². The molecule has 2 rings (SSSR count). The summed E-state index contributed by atoms with van der Waals surface area (Å²) < 4.78 is 37.2. The monoisotopic (exact) mass is 317 g/mol. The second-order valence-electron chi connectivity index (χ2n) is 5.39. The Balaban J connectivity index is 2.17. The van der Waals surface area contributed by atoms with Crippen LogP contribution < -0.4 is 4.90 Å². The quantitative estimate of drug-likeness (QED) is 0.921. The molecule has 122 valence electrons. The number of pyridine rings is 1. The Labute approximate surface area is 126 Å². The number of piperazine rings is 1. The van der Waals surface area contributed by atoms with E-state index < -0.39 is 24.7 Å². The fraction of sp³-hybridized carbons (Fsp3) is 0.571. The molecular weight excluding hydrogens is 299 g/mol. The molecule has 0 radical (unpaired) electrons. The number of aliphatic hydroxyl groups is 1. The lowest BCUT2D eigenvalue weighted by Gasteiger charge is -2.36. The summed E-state index contributed by atoms with van der Waals surface area (Å²) in [7, 11) is 0. The minimum Gasteiger partial charge on any atom is -0.389 e. The van der Waals surface area contributed by atoms with Crippen molar-refractivity contribution >= 4 is 11.7 Å². The number of aliphatic hydroxyl groups excluding tert-OH is 1. The van der Waals surface area contributed by atoms with Crippen LogP contribution in [0, 0.1) is 6.92 Å². The largest absolute Gasteiger partial charge is 0.406 e. The van der Waals surface area contributed by atoms with Gasteiger partial charge in [-0.15, -0.1) is 0 Å². The van der Waals surface area contributed by atoms with Crippen molar-refractivity contribution in [2.24, 2.45) is 0 Å². The Morgan fingerprint density at radius 1 is 1.36 bits per heavy atom. The number of rotatable bonds is 3. The predicted octanol–water partition coefficient (Wildman–Crippen LogP) is 1.65. The van der Waals surface area contributed by atoms with Gasteiger partial charge in [-0.1, -0.05) is 6.07 Å². The summed E-state index contributed by atoms with van der Waals surface area (Å²) in [5.74, 6) is -0.140. The van der Waals surface area contributed by atoms with Gasteiger partial charge in [0, 0.05) is 24.3 Å². The summed E-state index contributed by atoms with van der Waals surface area (Å²) in [5, 5.41) is 9.79. The molecule has 5 nitrogen and oxygen atoms in total. The third-order valence-electron chi connectivity index (χ3n) is 3.48. The van der Waals surface area contributed by atoms with Gasteiger partial charge >= 0.3 is 6.18 Å². The molecule has 1 saturated heterocycles. The minimum absolute atomic E-state index is 0.0206. The lowest BCUT2D eigenvalue weighted by atomic mass is 10.1. The number of carbonyl (C=O) groups excluding carboxylic acids is 1. The maximum Gasteiger partial charge on any atom is 0.406 e. The Bertz CT molecular complexity index is 561. The summed E-state index contributed by atoms with van der Waals surface area (Å²) >= 11 is 0. The second kappa shape index (κ2) is 6.12. The highest BCUT2D eigenvalue weighted by Crippen LogP contribution is 2.26. The van der Waals surface area contributed by atoms with Crippen LogP contribution in [-0.4, -0.2) is 53.3 Å². The van der Waals surface area contributed by atoms with Crippen molar-refractivity contribution in [1.29, 1.82) is 0 Å². The van der Waals surface area contributed by atoms with Gasteiger partial charge < -0.3 is 14.9 Å². The first-order chi connectivity index (χ1) is 10.2. The molecule has 1 aromatic rings. The highest BCUT2D eigenvalue weighted by Gasteiger charge is 2.36. The van der Waals surface area contributed by atoms with Crippen LogP contribution in [0.25, 0.3) is 0 Å². The fourth-order valence-electron chi connectivity index (χ4n) is 2.41. The number of alkyl halides is 3. The number of halogens is 3. The molecule has 1 unspecified atom stereocenters. The van der Waals surface area contributed by atoms with E-state index in [2.05, 4.69) is 4.98 Å². The Morgan fingerprint density at radius 2 is 2.05 bits per heavy atom. The van der Waals surface area contributed by atoms with Gasteiger partial charge in [0.15, 0.2) is 0 Å². The standard InChI is InChI=1S/C14H18F3N3O2/c1-9-3-4-11(10(2)21)13(18-9)19-5-6-20(12(22)7-19)8-14(15,16)17/h3-4,10,21H,5-8H2,1-2H3. The van der Waals surface area contributed by atoms with Gasteiger partial charge in [0.1, 0.15) is 12.4 Å². The Kier molecular flexibility index (Phi) is 4.60. The molecule has 22 heavy (non-hydrogen) atoms. The molecular formula is C14H18F3N3O2. The molecule has 0 bridgehead atoms.